The van der Waals surface area contributed by atoms with Gasteiger partial charge in [0.15, 0.2) is 17.5 Å². The Labute approximate surface area is 892 Å². The summed E-state index contributed by atoms with van der Waals surface area (Å²) in [4.78, 5) is 6.57. The van der Waals surface area contributed by atoms with Gasteiger partial charge in [-0.2, -0.15) is 0 Å². The number of hydrogen-bond donors (Lipinski definition) is 0. The summed E-state index contributed by atoms with van der Waals surface area (Å²) in [6.07, 6.45) is 0. The molecule has 19 aromatic carbocycles. The maximum Gasteiger partial charge on any atom is 0.154 e. The highest BCUT2D eigenvalue weighted by atomic mass is 19.2. The molecule has 0 aromatic heterocycles. The van der Waals surface area contributed by atoms with Crippen molar-refractivity contribution in [2.75, 3.05) is 24.5 Å². The molecule has 0 unspecified atom stereocenters. The lowest BCUT2D eigenvalue weighted by Crippen LogP contribution is -2.38. The smallest absolute Gasteiger partial charge is 0.154 e. The maximum absolute atomic E-state index is 16.6. The number of benzene rings is 19. The van der Waals surface area contributed by atoms with E-state index in [0.717, 1.165) is 60.5 Å². The van der Waals surface area contributed by atoms with Gasteiger partial charge in [-0.1, -0.05) is 329 Å². The Bertz CT molecular complexity index is 9010. The van der Waals surface area contributed by atoms with Crippen LogP contribution in [0.15, 0.2) is 424 Å². The SMILES string of the molecule is [2H]c1c([2H])c([2H])c(N(c2cc(-c3cccc4ccccc34)ccc2F)C(C)(C)C)c(F)c1[2H].[2H]c1c([2H])c([2H])c(N(c2cc(-c3ccccc3)cc(-c3ccccc3)c2F)C(C)(C)C)c(F)c1[2H].[2H]c1c([2H])c([2H])c(N(c2cc(-c3ccccc3)ccc2F)C(C)(C)C)c(F)c1[2H].[2H]c1c([2H])c([2H])c(N(c2cccc(-c3cccc4c3-c3ccccc3C4(C)C)c2F)C(C)(C)C)c(F)c1[2H].[2H]c1c([2H])c([2H])c(N(c2cccc(-c3cccc4ccccc34)c2F)C(C)(C)C)c(F)c1[2H]. The zero-order valence-corrected chi connectivity index (χ0v) is 84.9. The highest BCUT2D eigenvalue weighted by molar-refractivity contribution is 6.00. The first-order valence-electron chi connectivity index (χ1n) is 58.1. The molecule has 0 N–H and O–H groups in total. The van der Waals surface area contributed by atoms with Gasteiger partial charge < -0.3 is 24.5 Å². The van der Waals surface area contributed by atoms with E-state index in [9.17, 15) is 4.39 Å². The molecular weight excluding hydrogens is 1860 g/mol. The molecule has 0 fully saturated rings. The Morgan fingerprint density at radius 2 is 0.480 bits per heavy atom. The molecule has 748 valence electrons. The van der Waals surface area contributed by atoms with Crippen molar-refractivity contribution >= 4 is 78.4 Å². The minimum Gasteiger partial charge on any atom is -0.331 e. The molecule has 0 heterocycles. The molecule has 19 aromatic rings. The first-order valence-corrected chi connectivity index (χ1v) is 48.1. The van der Waals surface area contributed by atoms with E-state index in [4.69, 9.17) is 27.4 Å². The van der Waals surface area contributed by atoms with Crippen molar-refractivity contribution in [2.24, 2.45) is 0 Å². The van der Waals surface area contributed by atoms with Crippen molar-refractivity contribution in [1.82, 2.24) is 0 Å². The molecule has 0 atom stereocenters. The van der Waals surface area contributed by atoms with E-state index < -0.39 is 212 Å². The number of halogens is 10. The number of fused-ring (bicyclic) bond motifs is 5. The lowest BCUT2D eigenvalue weighted by Gasteiger charge is -2.38. The van der Waals surface area contributed by atoms with Crippen LogP contribution >= 0.6 is 0 Å². The standard InChI is InChI=1S/C31H29F2N.C28H25F2N.2C26H23F2N.C22H21F2N/c1-30(2,3)34(26-18-9-8-17-25(26)32)27-19-11-14-21(29(27)33)20-13-10-16-24-28(20)22-12-6-7-15-23(22)31(24,4)5;1-28(2,3)31(25-17-11-10-16-24(25)29)26-19-22(20-12-6-4-7-13-20)18-23(27(26)30)21-14-8-5-9-15-21;1-26(2,3)29(23-16-7-6-15-22(23)27)24-17-9-14-21(25(24)28)20-13-8-11-18-10-4-5-12-19(18)20;1-26(2,3)29(24-14-7-6-13-22(24)27)25-17-19(15-16-23(25)28)21-12-8-10-18-9-4-5-11-20(18)21;1-22(2,3)25(20-12-8-7-11-18(20)23)21-15-17(13-14-19(21)24)16-9-5-4-6-10-16/h6-19H,1-5H3;4-19H,1-3H3;2*4-17H,1-3H3;4-15H,1-3H3/i8D,9D,17D,18D;10D,11D,16D,17D;6D,7D,15D,16D;6D,7D,13D,14D;7D,8D,11D,12D. The van der Waals surface area contributed by atoms with Crippen molar-refractivity contribution in [3.63, 3.8) is 0 Å². The quantitative estimate of drug-likeness (QED) is 0.0894. The van der Waals surface area contributed by atoms with Gasteiger partial charge in [0.25, 0.3) is 0 Å². The third-order valence-electron chi connectivity index (χ3n) is 25.1. The molecule has 1 aliphatic carbocycles. The summed E-state index contributed by atoms with van der Waals surface area (Å²) in [5, 5.41) is 3.83. The maximum atomic E-state index is 16.6. The summed E-state index contributed by atoms with van der Waals surface area (Å²) in [5.41, 5.74) is 5.27. The normalized spacial score (nSPS) is 14.0. The van der Waals surface area contributed by atoms with Crippen molar-refractivity contribution in [3.05, 3.63) is 493 Å². The van der Waals surface area contributed by atoms with Crippen LogP contribution in [0, 0.1) is 58.2 Å². The van der Waals surface area contributed by atoms with Crippen LogP contribution in [0.1, 0.15) is 156 Å². The average molecular weight is 2000 g/mol. The van der Waals surface area contributed by atoms with Gasteiger partial charge in [0.1, 0.15) is 40.7 Å². The van der Waals surface area contributed by atoms with Crippen LogP contribution in [0.5, 0.6) is 0 Å². The number of para-hydroxylation sites is 5. The van der Waals surface area contributed by atoms with Gasteiger partial charge >= 0.3 is 0 Å². The zero-order chi connectivity index (χ0) is 123. The Morgan fingerprint density at radius 3 is 0.912 bits per heavy atom. The summed E-state index contributed by atoms with van der Waals surface area (Å²) >= 11 is 0. The lowest BCUT2D eigenvalue weighted by molar-refractivity contribution is 0.527. The Morgan fingerprint density at radius 1 is 0.196 bits per heavy atom. The number of nitrogens with zero attached hydrogens (tertiary/aromatic N) is 5. The molecule has 0 spiro atoms. The summed E-state index contributed by atoms with van der Waals surface area (Å²) in [5.74, 6) is -8.65. The van der Waals surface area contributed by atoms with E-state index in [1.807, 2.05) is 182 Å². The van der Waals surface area contributed by atoms with E-state index >= 15 is 39.5 Å². The van der Waals surface area contributed by atoms with E-state index in [2.05, 4.69) is 26.0 Å². The topological polar surface area (TPSA) is 16.2 Å². The van der Waals surface area contributed by atoms with Gasteiger partial charge in [0, 0.05) is 49.8 Å². The number of rotatable bonds is 16. The summed E-state index contributed by atoms with van der Waals surface area (Å²) < 4.78 is 316. The van der Waals surface area contributed by atoms with Crippen LogP contribution in [0.2, 0.25) is 0 Å². The van der Waals surface area contributed by atoms with Gasteiger partial charge in [0.2, 0.25) is 0 Å². The predicted molar refractivity (Wildman–Crippen MR) is 599 cm³/mol. The second-order valence-electron chi connectivity index (χ2n) is 40.9. The molecule has 0 radical (unpaired) electrons. The number of hydrogen-bond acceptors (Lipinski definition) is 5. The third-order valence-corrected chi connectivity index (χ3v) is 25.1. The molecule has 0 bridgehead atoms. The first-order chi connectivity index (χ1) is 78.9. The van der Waals surface area contributed by atoms with Crippen molar-refractivity contribution in [3.8, 4) is 77.9 Å². The van der Waals surface area contributed by atoms with Crippen LogP contribution < -0.4 is 24.5 Å². The third kappa shape index (κ3) is 22.5. The average Bonchev–Trinajstić information content (AvgIpc) is 1.55. The van der Waals surface area contributed by atoms with E-state index in [1.54, 1.807) is 189 Å². The highest BCUT2D eigenvalue weighted by Gasteiger charge is 2.40. The minimum atomic E-state index is -1.13. The lowest BCUT2D eigenvalue weighted by atomic mass is 9.82. The van der Waals surface area contributed by atoms with Gasteiger partial charge in [-0.15, -0.1) is 0 Å². The Kier molecular flexibility index (Phi) is 24.0. The summed E-state index contributed by atoms with van der Waals surface area (Å²) in [7, 11) is 0. The van der Waals surface area contributed by atoms with Crippen LogP contribution in [0.25, 0.3) is 99.4 Å². The van der Waals surface area contributed by atoms with Crippen molar-refractivity contribution in [1.29, 1.82) is 0 Å². The largest absolute Gasteiger partial charge is 0.331 e. The van der Waals surface area contributed by atoms with Crippen molar-refractivity contribution < 1.29 is 71.3 Å². The Hall–Kier alpha value is -16.0. The van der Waals surface area contributed by atoms with Gasteiger partial charge in [-0.25, -0.2) is 43.9 Å². The van der Waals surface area contributed by atoms with E-state index in [1.165, 1.54) is 48.8 Å². The molecule has 1 aliphatic rings. The monoisotopic (exact) mass is 2000 g/mol. The van der Waals surface area contributed by atoms with Crippen LogP contribution in [-0.2, 0) is 5.41 Å². The molecule has 15 heteroatoms. The van der Waals surface area contributed by atoms with Crippen LogP contribution in [-0.4, -0.2) is 27.7 Å². The fraction of sp³-hybridized carbons (Fsp3) is 0.173. The van der Waals surface area contributed by atoms with Crippen LogP contribution in [0.3, 0.4) is 0 Å². The zero-order valence-electron chi connectivity index (χ0n) is 105. The molecule has 0 saturated heterocycles. The first kappa shape index (κ1) is 81.2. The fourth-order valence-electron chi connectivity index (χ4n) is 18.8. The Balaban J connectivity index is 0.000000147. The number of anilines is 10. The van der Waals surface area contributed by atoms with Gasteiger partial charge in [0.05, 0.1) is 84.3 Å². The summed E-state index contributed by atoms with van der Waals surface area (Å²) in [6.45, 7) is 30.4. The molecule has 0 saturated carbocycles. The van der Waals surface area contributed by atoms with Crippen LogP contribution in [0.4, 0.5) is 101 Å². The molecule has 0 amide bonds. The molecule has 148 heavy (non-hydrogen) atoms. The second kappa shape index (κ2) is 43.7. The second-order valence-corrected chi connectivity index (χ2v) is 40.9. The summed E-state index contributed by atoms with van der Waals surface area (Å²) in [6, 6.07) is 77.8. The van der Waals surface area contributed by atoms with E-state index in [-0.39, 0.29) is 56.6 Å². The molecular formula is C133H121F10N5. The molecule has 20 rings (SSSR count). The predicted octanol–water partition coefficient (Wildman–Crippen LogP) is 39.1. The van der Waals surface area contributed by atoms with Gasteiger partial charge in [-0.05, 0) is 307 Å². The minimum absolute atomic E-state index is 0.0154. The fourth-order valence-corrected chi connectivity index (χ4v) is 18.8. The highest BCUT2D eigenvalue weighted by Crippen LogP contribution is 2.55. The van der Waals surface area contributed by atoms with E-state index in [0.29, 0.717) is 50.1 Å². The molecule has 5 nitrogen and oxygen atoms in total. The molecule has 0 aliphatic heterocycles. The van der Waals surface area contributed by atoms with Gasteiger partial charge in [-0.3, -0.25) is 0 Å². The van der Waals surface area contributed by atoms with Crippen molar-refractivity contribution in [2.45, 2.75) is 151 Å².